The minimum Gasteiger partial charge on any atom is -0.341 e. The number of aromatic amines is 1. The average molecular weight is 529 g/mol. The van der Waals surface area contributed by atoms with Crippen LogP contribution in [-0.2, 0) is 16.4 Å². The molecule has 12 heteroatoms. The van der Waals surface area contributed by atoms with E-state index in [9.17, 15) is 18.5 Å². The SMILES string of the molecule is O=[N+]([O-])c1cc2ccc1S(=O)(=O)N(NCCc1csc(=S)[nH]1)c1ccc(-c3ccccc3)c-2c1F. The topological polar surface area (TPSA) is 108 Å². The van der Waals surface area contributed by atoms with Gasteiger partial charge in [0.05, 0.1) is 4.92 Å². The predicted octanol–water partition coefficient (Wildman–Crippen LogP) is 5.44. The lowest BCUT2D eigenvalue weighted by molar-refractivity contribution is -0.387. The molecule has 4 aromatic rings. The van der Waals surface area contributed by atoms with Gasteiger partial charge in [0.1, 0.15) is 5.69 Å². The third-order valence-electron chi connectivity index (χ3n) is 5.61. The summed E-state index contributed by atoms with van der Waals surface area (Å²) in [5, 5.41) is 13.7. The molecule has 3 heterocycles. The molecular formula is C23H17FN4O4S3. The highest BCUT2D eigenvalue weighted by Gasteiger charge is 2.37. The van der Waals surface area contributed by atoms with E-state index in [4.69, 9.17) is 12.2 Å². The molecule has 0 radical (unpaired) electrons. The van der Waals surface area contributed by atoms with Crippen LogP contribution in [0.15, 0.2) is 70.9 Å². The molecule has 178 valence electrons. The van der Waals surface area contributed by atoms with Crippen molar-refractivity contribution in [3.05, 3.63) is 91.6 Å². The van der Waals surface area contributed by atoms with Crippen LogP contribution < -0.4 is 9.84 Å². The van der Waals surface area contributed by atoms with Crippen LogP contribution in [0.4, 0.5) is 15.8 Å². The standard InChI is InChI=1S/C23H17FN4O4S3/c24-22-18-8-7-17(14-4-2-1-3-5-14)21(22)15-6-9-20(19(12-15)28(29)30)35(31,32)27(18)25-11-10-16-13-34-23(33)26-16/h1-9,12-13,25H,10-11H2,(H,26,33). The van der Waals surface area contributed by atoms with Gasteiger partial charge in [-0.3, -0.25) is 10.1 Å². The lowest BCUT2D eigenvalue weighted by Gasteiger charge is -2.25. The molecule has 2 aliphatic heterocycles. The lowest BCUT2D eigenvalue weighted by Crippen LogP contribution is -2.44. The Morgan fingerprint density at radius 3 is 2.57 bits per heavy atom. The number of fused-ring (bicyclic) bond motifs is 3. The zero-order chi connectivity index (χ0) is 24.7. The Morgan fingerprint density at radius 1 is 1.11 bits per heavy atom. The number of nitro groups is 1. The number of hydrogen-bond acceptors (Lipinski definition) is 7. The summed E-state index contributed by atoms with van der Waals surface area (Å²) in [6.07, 6.45) is 0.371. The van der Waals surface area contributed by atoms with Gasteiger partial charge in [0.2, 0.25) is 0 Å². The van der Waals surface area contributed by atoms with Gasteiger partial charge in [-0.25, -0.2) is 9.82 Å². The molecule has 35 heavy (non-hydrogen) atoms. The van der Waals surface area contributed by atoms with Crippen LogP contribution in [0.2, 0.25) is 0 Å². The number of hydrogen-bond donors (Lipinski definition) is 2. The first-order chi connectivity index (χ1) is 16.8. The molecule has 0 atom stereocenters. The van der Waals surface area contributed by atoms with Crippen molar-refractivity contribution >= 4 is 45.0 Å². The number of thiazole rings is 1. The Morgan fingerprint density at radius 2 is 1.89 bits per heavy atom. The molecule has 0 amide bonds. The van der Waals surface area contributed by atoms with Crippen molar-refractivity contribution < 1.29 is 17.7 Å². The predicted molar refractivity (Wildman–Crippen MR) is 135 cm³/mol. The van der Waals surface area contributed by atoms with Crippen LogP contribution in [0.3, 0.4) is 0 Å². The zero-order valence-corrected chi connectivity index (χ0v) is 20.3. The number of nitrogens with zero attached hydrogens (tertiary/aromatic N) is 2. The number of hydrazine groups is 1. The number of H-pyrrole nitrogens is 1. The molecule has 1 aromatic heterocycles. The number of rotatable bonds is 6. The largest absolute Gasteiger partial charge is 0.341 e. The van der Waals surface area contributed by atoms with Gasteiger partial charge >= 0.3 is 0 Å². The second-order valence-corrected chi connectivity index (χ2v) is 11.0. The molecule has 6 rings (SSSR count). The fraction of sp³-hybridized carbons (Fsp3) is 0.0870. The van der Waals surface area contributed by atoms with E-state index in [0.29, 0.717) is 25.9 Å². The quantitative estimate of drug-likeness (QED) is 0.196. The van der Waals surface area contributed by atoms with E-state index in [1.165, 1.54) is 23.5 Å². The number of aromatic nitrogens is 1. The van der Waals surface area contributed by atoms with Crippen molar-refractivity contribution in [1.82, 2.24) is 10.4 Å². The molecule has 2 aliphatic rings. The van der Waals surface area contributed by atoms with Gasteiger partial charge in [0, 0.05) is 35.7 Å². The summed E-state index contributed by atoms with van der Waals surface area (Å²) in [7, 11) is -4.54. The van der Waals surface area contributed by atoms with Gasteiger partial charge in [-0.15, -0.1) is 11.3 Å². The summed E-state index contributed by atoms with van der Waals surface area (Å²) in [4.78, 5) is 13.5. The summed E-state index contributed by atoms with van der Waals surface area (Å²) >= 11 is 6.41. The third-order valence-corrected chi connectivity index (χ3v) is 8.43. The van der Waals surface area contributed by atoms with Gasteiger partial charge < -0.3 is 4.98 Å². The van der Waals surface area contributed by atoms with E-state index >= 15 is 4.39 Å². The van der Waals surface area contributed by atoms with Crippen molar-refractivity contribution in [3.8, 4) is 22.3 Å². The van der Waals surface area contributed by atoms with Crippen molar-refractivity contribution in [2.45, 2.75) is 11.3 Å². The Kier molecular flexibility index (Phi) is 5.97. The number of anilines is 1. The van der Waals surface area contributed by atoms with Crippen LogP contribution in [-0.4, -0.2) is 24.9 Å². The Labute approximate surface area is 208 Å². The molecule has 0 unspecified atom stereocenters. The normalized spacial score (nSPS) is 13.8. The first kappa shape index (κ1) is 23.3. The van der Waals surface area contributed by atoms with E-state index < -0.39 is 31.3 Å². The molecule has 3 aromatic carbocycles. The highest BCUT2D eigenvalue weighted by atomic mass is 32.2. The molecule has 0 fully saturated rings. The van der Waals surface area contributed by atoms with Gasteiger partial charge in [-0.05, 0) is 41.0 Å². The average Bonchev–Trinajstić information content (AvgIpc) is 3.27. The van der Waals surface area contributed by atoms with Gasteiger partial charge in [-0.2, -0.15) is 12.8 Å². The molecule has 0 saturated heterocycles. The lowest BCUT2D eigenvalue weighted by atomic mass is 9.93. The second-order valence-electron chi connectivity index (χ2n) is 7.73. The van der Waals surface area contributed by atoms with Crippen molar-refractivity contribution in [3.63, 3.8) is 0 Å². The fourth-order valence-electron chi connectivity index (χ4n) is 4.02. The maximum Gasteiger partial charge on any atom is 0.290 e. The summed E-state index contributed by atoms with van der Waals surface area (Å²) < 4.78 is 44.6. The second kappa shape index (κ2) is 8.96. The molecular weight excluding hydrogens is 511 g/mol. The molecule has 4 bridgehead atoms. The first-order valence-corrected chi connectivity index (χ1v) is 13.1. The highest BCUT2D eigenvalue weighted by molar-refractivity contribution is 7.92. The summed E-state index contributed by atoms with van der Waals surface area (Å²) in [6.45, 7) is 0.0987. The van der Waals surface area contributed by atoms with Crippen LogP contribution in [0, 0.1) is 19.9 Å². The zero-order valence-electron chi connectivity index (χ0n) is 17.9. The summed E-state index contributed by atoms with van der Waals surface area (Å²) in [5.41, 5.74) is 4.12. The van der Waals surface area contributed by atoms with Crippen molar-refractivity contribution in [2.75, 3.05) is 11.0 Å². The smallest absolute Gasteiger partial charge is 0.290 e. The van der Waals surface area contributed by atoms with E-state index in [2.05, 4.69) is 10.4 Å². The number of nitrogens with one attached hydrogen (secondary N) is 2. The summed E-state index contributed by atoms with van der Waals surface area (Å²) in [6, 6.07) is 15.6. The van der Waals surface area contributed by atoms with Crippen LogP contribution >= 0.6 is 23.6 Å². The highest BCUT2D eigenvalue weighted by Crippen LogP contribution is 2.43. The van der Waals surface area contributed by atoms with Crippen LogP contribution in [0.25, 0.3) is 22.3 Å². The van der Waals surface area contributed by atoms with Gasteiger partial charge in [0.25, 0.3) is 15.7 Å². The van der Waals surface area contributed by atoms with E-state index in [1.807, 2.05) is 11.4 Å². The third kappa shape index (κ3) is 4.14. The molecule has 2 N–H and O–H groups in total. The molecule has 8 nitrogen and oxygen atoms in total. The van der Waals surface area contributed by atoms with E-state index in [1.54, 1.807) is 30.3 Å². The number of sulfonamides is 1. The fourth-order valence-corrected chi connectivity index (χ4v) is 6.41. The molecule has 0 aliphatic carbocycles. The van der Waals surface area contributed by atoms with Crippen LogP contribution in [0.1, 0.15) is 5.69 Å². The Hall–Kier alpha value is -3.45. The monoisotopic (exact) mass is 528 g/mol. The number of benzene rings is 3. The van der Waals surface area contributed by atoms with Gasteiger partial charge in [-0.1, -0.05) is 42.5 Å². The minimum absolute atomic E-state index is 0.0779. The molecule has 0 spiro atoms. The summed E-state index contributed by atoms with van der Waals surface area (Å²) in [5.74, 6) is -0.806. The first-order valence-electron chi connectivity index (χ1n) is 10.4. The maximum absolute atomic E-state index is 16.1. The molecule has 0 saturated carbocycles. The number of nitro benzene ring substituents is 1. The van der Waals surface area contributed by atoms with E-state index in [-0.39, 0.29) is 23.4 Å². The maximum atomic E-state index is 16.1. The Bertz CT molecular complexity index is 1620. The van der Waals surface area contributed by atoms with Crippen molar-refractivity contribution in [2.24, 2.45) is 0 Å². The number of halogens is 1. The van der Waals surface area contributed by atoms with Gasteiger partial charge in [0.15, 0.2) is 14.7 Å². The Balaban J connectivity index is 1.70. The van der Waals surface area contributed by atoms with Crippen molar-refractivity contribution in [1.29, 1.82) is 0 Å². The minimum atomic E-state index is -4.54. The van der Waals surface area contributed by atoms with E-state index in [0.717, 1.165) is 17.8 Å². The van der Waals surface area contributed by atoms with Crippen LogP contribution in [0.5, 0.6) is 0 Å².